The Bertz CT molecular complexity index is 341. The molecule has 0 saturated heterocycles. The summed E-state index contributed by atoms with van der Waals surface area (Å²) in [6, 6.07) is 9.33. The summed E-state index contributed by atoms with van der Waals surface area (Å²) >= 11 is 1.59. The minimum absolute atomic E-state index is 0.0290. The van der Waals surface area contributed by atoms with Crippen molar-refractivity contribution in [1.82, 2.24) is 5.32 Å². The summed E-state index contributed by atoms with van der Waals surface area (Å²) in [6.07, 6.45) is -0.635. The van der Waals surface area contributed by atoms with Gasteiger partial charge in [-0.25, -0.2) is 0 Å². The molecule has 1 rings (SSSR count). The standard InChI is InChI=1S/C13H19NO2S/c1-10(2)17-9-13(16)14-8-12(15)11-6-4-3-5-7-11/h3-7,10,12,15H,8-9H2,1-2H3,(H,14,16). The van der Waals surface area contributed by atoms with Crippen molar-refractivity contribution >= 4 is 17.7 Å². The van der Waals surface area contributed by atoms with Crippen molar-refractivity contribution < 1.29 is 9.90 Å². The first-order chi connectivity index (χ1) is 8.09. The number of amides is 1. The molecule has 0 aliphatic carbocycles. The fourth-order valence-electron chi connectivity index (χ4n) is 1.30. The van der Waals surface area contributed by atoms with Crippen LogP contribution in [0.2, 0.25) is 0 Å². The molecule has 94 valence electrons. The van der Waals surface area contributed by atoms with Crippen LogP contribution in [0.4, 0.5) is 0 Å². The molecule has 4 heteroatoms. The van der Waals surface area contributed by atoms with Crippen LogP contribution in [0.25, 0.3) is 0 Å². The fraction of sp³-hybridized carbons (Fsp3) is 0.462. The third-order valence-electron chi connectivity index (χ3n) is 2.22. The van der Waals surface area contributed by atoms with Crippen LogP contribution in [0.1, 0.15) is 25.5 Å². The first kappa shape index (κ1) is 14.1. The Labute approximate surface area is 107 Å². The van der Waals surface area contributed by atoms with Crippen LogP contribution in [0.15, 0.2) is 30.3 Å². The lowest BCUT2D eigenvalue weighted by Gasteiger charge is -2.12. The van der Waals surface area contributed by atoms with Crippen LogP contribution < -0.4 is 5.32 Å². The molecule has 0 fully saturated rings. The number of benzene rings is 1. The van der Waals surface area contributed by atoms with Gasteiger partial charge in [0.15, 0.2) is 0 Å². The molecule has 3 nitrogen and oxygen atoms in total. The zero-order valence-electron chi connectivity index (χ0n) is 10.2. The van der Waals surface area contributed by atoms with Gasteiger partial charge in [0.2, 0.25) is 5.91 Å². The Kier molecular flexibility index (Phi) is 6.08. The number of hydrogen-bond acceptors (Lipinski definition) is 3. The zero-order valence-corrected chi connectivity index (χ0v) is 11.0. The van der Waals surface area contributed by atoms with Crippen molar-refractivity contribution in [2.75, 3.05) is 12.3 Å². The van der Waals surface area contributed by atoms with Gasteiger partial charge in [-0.2, -0.15) is 0 Å². The van der Waals surface area contributed by atoms with Gasteiger partial charge in [0.25, 0.3) is 0 Å². The molecule has 0 aliphatic heterocycles. The van der Waals surface area contributed by atoms with Crippen molar-refractivity contribution in [3.05, 3.63) is 35.9 Å². The lowest BCUT2D eigenvalue weighted by atomic mass is 10.1. The maximum atomic E-state index is 11.4. The molecule has 0 aliphatic rings. The lowest BCUT2D eigenvalue weighted by Crippen LogP contribution is -2.30. The summed E-state index contributed by atoms with van der Waals surface area (Å²) < 4.78 is 0. The highest BCUT2D eigenvalue weighted by molar-refractivity contribution is 8.00. The van der Waals surface area contributed by atoms with Crippen LogP contribution in [-0.4, -0.2) is 28.6 Å². The molecular formula is C13H19NO2S. The normalized spacial score (nSPS) is 12.5. The topological polar surface area (TPSA) is 49.3 Å². The van der Waals surface area contributed by atoms with Crippen LogP contribution in [-0.2, 0) is 4.79 Å². The first-order valence-corrected chi connectivity index (χ1v) is 6.75. The zero-order chi connectivity index (χ0) is 12.7. The van der Waals surface area contributed by atoms with Crippen molar-refractivity contribution in [2.45, 2.75) is 25.2 Å². The number of thioether (sulfide) groups is 1. The SMILES string of the molecule is CC(C)SCC(=O)NCC(O)c1ccccc1. The van der Waals surface area contributed by atoms with Gasteiger partial charge < -0.3 is 10.4 Å². The molecule has 0 bridgehead atoms. The monoisotopic (exact) mass is 253 g/mol. The summed E-state index contributed by atoms with van der Waals surface area (Å²) in [6.45, 7) is 4.37. The predicted molar refractivity (Wildman–Crippen MR) is 72.0 cm³/mol. The van der Waals surface area contributed by atoms with Crippen molar-refractivity contribution in [3.8, 4) is 0 Å². The third-order valence-corrected chi connectivity index (χ3v) is 3.32. The second kappa shape index (κ2) is 7.35. The van der Waals surface area contributed by atoms with Crippen LogP contribution >= 0.6 is 11.8 Å². The lowest BCUT2D eigenvalue weighted by molar-refractivity contribution is -0.119. The number of nitrogens with one attached hydrogen (secondary N) is 1. The highest BCUT2D eigenvalue weighted by Crippen LogP contribution is 2.11. The first-order valence-electron chi connectivity index (χ1n) is 5.71. The van der Waals surface area contributed by atoms with E-state index in [1.165, 1.54) is 0 Å². The highest BCUT2D eigenvalue weighted by Gasteiger charge is 2.09. The van der Waals surface area contributed by atoms with E-state index in [4.69, 9.17) is 0 Å². The Morgan fingerprint density at radius 3 is 2.59 bits per heavy atom. The average molecular weight is 253 g/mol. The second-order valence-electron chi connectivity index (χ2n) is 4.09. The summed E-state index contributed by atoms with van der Waals surface area (Å²) in [5, 5.41) is 13.0. The van der Waals surface area contributed by atoms with Gasteiger partial charge in [-0.3, -0.25) is 4.79 Å². The fourth-order valence-corrected chi connectivity index (χ4v) is 1.88. The molecule has 1 atom stereocenters. The Morgan fingerprint density at radius 1 is 1.35 bits per heavy atom. The maximum absolute atomic E-state index is 11.4. The largest absolute Gasteiger partial charge is 0.387 e. The van der Waals surface area contributed by atoms with Crippen LogP contribution in [0.3, 0.4) is 0 Å². The molecule has 17 heavy (non-hydrogen) atoms. The molecule has 1 unspecified atom stereocenters. The predicted octanol–water partition coefficient (Wildman–Crippen LogP) is 1.98. The van der Waals surface area contributed by atoms with E-state index in [1.807, 2.05) is 30.3 Å². The van der Waals surface area contributed by atoms with E-state index in [0.29, 0.717) is 11.0 Å². The minimum Gasteiger partial charge on any atom is -0.387 e. The Morgan fingerprint density at radius 2 is 2.00 bits per heavy atom. The van der Waals surface area contributed by atoms with E-state index < -0.39 is 6.10 Å². The van der Waals surface area contributed by atoms with Gasteiger partial charge in [0.05, 0.1) is 11.9 Å². The number of hydrogen-bond donors (Lipinski definition) is 2. The van der Waals surface area contributed by atoms with Crippen LogP contribution in [0.5, 0.6) is 0 Å². The number of aliphatic hydroxyl groups excluding tert-OH is 1. The van der Waals surface area contributed by atoms with Gasteiger partial charge in [-0.1, -0.05) is 44.2 Å². The molecule has 1 amide bonds. The van der Waals surface area contributed by atoms with Crippen molar-refractivity contribution in [3.63, 3.8) is 0 Å². The van der Waals surface area contributed by atoms with Gasteiger partial charge in [-0.15, -0.1) is 11.8 Å². The van der Waals surface area contributed by atoms with Crippen LogP contribution in [0, 0.1) is 0 Å². The molecule has 0 heterocycles. The van der Waals surface area contributed by atoms with Gasteiger partial charge in [0.1, 0.15) is 0 Å². The molecule has 2 N–H and O–H groups in total. The van der Waals surface area contributed by atoms with Gasteiger partial charge in [-0.05, 0) is 10.8 Å². The van der Waals surface area contributed by atoms with Gasteiger partial charge in [0, 0.05) is 6.54 Å². The molecular weight excluding hydrogens is 234 g/mol. The summed E-state index contributed by atoms with van der Waals surface area (Å²) in [5.41, 5.74) is 0.823. The van der Waals surface area contributed by atoms with Crippen molar-refractivity contribution in [1.29, 1.82) is 0 Å². The number of aliphatic hydroxyl groups is 1. The Balaban J connectivity index is 2.29. The number of rotatable bonds is 6. The van der Waals surface area contributed by atoms with Gasteiger partial charge >= 0.3 is 0 Å². The molecule has 1 aromatic carbocycles. The van der Waals surface area contributed by atoms with E-state index >= 15 is 0 Å². The van der Waals surface area contributed by atoms with Crippen molar-refractivity contribution in [2.24, 2.45) is 0 Å². The van der Waals surface area contributed by atoms with E-state index in [-0.39, 0.29) is 12.5 Å². The summed E-state index contributed by atoms with van der Waals surface area (Å²) in [5.74, 6) is 0.415. The van der Waals surface area contributed by atoms with E-state index in [2.05, 4.69) is 19.2 Å². The smallest absolute Gasteiger partial charge is 0.230 e. The summed E-state index contributed by atoms with van der Waals surface area (Å²) in [7, 11) is 0. The van der Waals surface area contributed by atoms with E-state index in [9.17, 15) is 9.90 Å². The second-order valence-corrected chi connectivity index (χ2v) is 5.66. The molecule has 1 aromatic rings. The quantitative estimate of drug-likeness (QED) is 0.815. The molecule has 0 radical (unpaired) electrons. The minimum atomic E-state index is -0.635. The average Bonchev–Trinajstić information content (AvgIpc) is 2.34. The van der Waals surface area contributed by atoms with E-state index in [0.717, 1.165) is 5.56 Å². The molecule has 0 aromatic heterocycles. The summed E-state index contributed by atoms with van der Waals surface area (Å²) in [4.78, 5) is 11.4. The maximum Gasteiger partial charge on any atom is 0.230 e. The highest BCUT2D eigenvalue weighted by atomic mass is 32.2. The number of carbonyl (C=O) groups excluding carboxylic acids is 1. The van der Waals surface area contributed by atoms with E-state index in [1.54, 1.807) is 11.8 Å². The molecule has 0 spiro atoms. The third kappa shape index (κ3) is 5.75. The number of carbonyl (C=O) groups is 1. The Hall–Kier alpha value is -1.00. The molecule has 0 saturated carbocycles.